The lowest BCUT2D eigenvalue weighted by Gasteiger charge is -2.18. The average molecular weight is 343 g/mol. The van der Waals surface area contributed by atoms with Crippen LogP contribution in [0.15, 0.2) is 42.5 Å². The van der Waals surface area contributed by atoms with Gasteiger partial charge in [-0.2, -0.15) is 4.98 Å². The van der Waals surface area contributed by atoms with Crippen LogP contribution in [0, 0.1) is 0 Å². The predicted octanol–water partition coefficient (Wildman–Crippen LogP) is 3.62. The van der Waals surface area contributed by atoms with Gasteiger partial charge in [0.05, 0.1) is 17.5 Å². The molecule has 0 unspecified atom stereocenters. The van der Waals surface area contributed by atoms with Crippen molar-refractivity contribution in [3.63, 3.8) is 0 Å². The second kappa shape index (κ2) is 7.03. The molecular weight excluding hydrogens is 324 g/mol. The molecule has 1 heterocycles. The zero-order valence-corrected chi connectivity index (χ0v) is 14.4. The van der Waals surface area contributed by atoms with Gasteiger partial charge in [0.1, 0.15) is 5.82 Å². The fraction of sp³-hybridized carbons (Fsp3) is 0.222. The summed E-state index contributed by atoms with van der Waals surface area (Å²) < 4.78 is 5.10. The molecule has 0 radical (unpaired) electrons. The number of aromatic nitrogens is 2. The minimum Gasteiger partial charge on any atom is -0.383 e. The first-order valence-electron chi connectivity index (χ1n) is 7.62. The fourth-order valence-electron chi connectivity index (χ4n) is 2.59. The Kier molecular flexibility index (Phi) is 4.83. The number of benzene rings is 2. The van der Waals surface area contributed by atoms with E-state index in [-0.39, 0.29) is 0 Å². The van der Waals surface area contributed by atoms with Crippen molar-refractivity contribution in [3.8, 4) is 11.1 Å². The summed E-state index contributed by atoms with van der Waals surface area (Å²) in [6, 6.07) is 13.6. The van der Waals surface area contributed by atoms with Crippen molar-refractivity contribution >= 4 is 34.3 Å². The van der Waals surface area contributed by atoms with Crippen molar-refractivity contribution in [2.75, 3.05) is 37.9 Å². The van der Waals surface area contributed by atoms with Crippen LogP contribution in [0.4, 0.5) is 11.8 Å². The van der Waals surface area contributed by atoms with Gasteiger partial charge in [-0.15, -0.1) is 0 Å². The third-order valence-electron chi connectivity index (χ3n) is 3.85. The Morgan fingerprint density at radius 1 is 1.17 bits per heavy atom. The smallest absolute Gasteiger partial charge is 0.227 e. The Balaban J connectivity index is 2.11. The van der Waals surface area contributed by atoms with E-state index in [4.69, 9.17) is 22.1 Å². The normalized spacial score (nSPS) is 11.0. The van der Waals surface area contributed by atoms with Gasteiger partial charge >= 0.3 is 0 Å². The predicted molar refractivity (Wildman–Crippen MR) is 99.5 cm³/mol. The van der Waals surface area contributed by atoms with Gasteiger partial charge in [-0.1, -0.05) is 35.9 Å². The Morgan fingerprint density at radius 2 is 1.96 bits per heavy atom. The van der Waals surface area contributed by atoms with Crippen molar-refractivity contribution in [2.24, 2.45) is 0 Å². The number of anilines is 2. The molecule has 0 amide bonds. The first kappa shape index (κ1) is 16.5. The molecule has 1 aromatic heterocycles. The summed E-state index contributed by atoms with van der Waals surface area (Å²) in [4.78, 5) is 11.0. The molecule has 124 valence electrons. The van der Waals surface area contributed by atoms with E-state index in [9.17, 15) is 0 Å². The van der Waals surface area contributed by atoms with E-state index in [0.29, 0.717) is 29.9 Å². The van der Waals surface area contributed by atoms with Gasteiger partial charge in [-0.25, -0.2) is 4.98 Å². The molecule has 2 aromatic carbocycles. The minimum absolute atomic E-state index is 0.454. The first-order valence-corrected chi connectivity index (χ1v) is 8.00. The van der Waals surface area contributed by atoms with Crippen LogP contribution < -0.4 is 10.6 Å². The van der Waals surface area contributed by atoms with Crippen molar-refractivity contribution < 1.29 is 4.74 Å². The highest BCUT2D eigenvalue weighted by Crippen LogP contribution is 2.33. The van der Waals surface area contributed by atoms with Gasteiger partial charge in [0.2, 0.25) is 5.95 Å². The van der Waals surface area contributed by atoms with Gasteiger partial charge in [0.15, 0.2) is 0 Å². The number of likely N-dealkylation sites (N-methyl/N-ethyl adjacent to an activating group) is 1. The molecule has 0 fully saturated rings. The molecule has 6 heteroatoms. The largest absolute Gasteiger partial charge is 0.383 e. The van der Waals surface area contributed by atoms with Crippen LogP contribution in [0.3, 0.4) is 0 Å². The number of methoxy groups -OCH3 is 1. The second-order valence-electron chi connectivity index (χ2n) is 5.53. The van der Waals surface area contributed by atoms with Crippen LogP contribution in [0.25, 0.3) is 22.0 Å². The van der Waals surface area contributed by atoms with Crippen LogP contribution in [0.1, 0.15) is 0 Å². The van der Waals surface area contributed by atoms with Crippen molar-refractivity contribution in [2.45, 2.75) is 0 Å². The van der Waals surface area contributed by atoms with Gasteiger partial charge in [0, 0.05) is 25.7 Å². The molecule has 0 saturated carbocycles. The maximum atomic E-state index is 6.26. The summed E-state index contributed by atoms with van der Waals surface area (Å²) in [5, 5.41) is 1.52. The average Bonchev–Trinajstić information content (AvgIpc) is 2.59. The molecule has 0 aliphatic carbocycles. The fourth-order valence-corrected chi connectivity index (χ4v) is 2.78. The van der Waals surface area contributed by atoms with Crippen LogP contribution in [-0.4, -0.2) is 37.3 Å². The quantitative estimate of drug-likeness (QED) is 0.767. The van der Waals surface area contributed by atoms with Gasteiger partial charge in [0.25, 0.3) is 0 Å². The lowest BCUT2D eigenvalue weighted by atomic mass is 10.0. The maximum absolute atomic E-state index is 6.26. The third kappa shape index (κ3) is 3.27. The van der Waals surface area contributed by atoms with E-state index in [1.165, 1.54) is 0 Å². The van der Waals surface area contributed by atoms with Crippen LogP contribution in [0.5, 0.6) is 0 Å². The number of nitrogens with two attached hydrogens (primary N) is 1. The van der Waals surface area contributed by atoms with Crippen LogP contribution in [0.2, 0.25) is 5.02 Å². The molecule has 0 spiro atoms. The number of fused-ring (bicyclic) bond motifs is 1. The highest BCUT2D eigenvalue weighted by Gasteiger charge is 2.13. The van der Waals surface area contributed by atoms with Crippen LogP contribution >= 0.6 is 11.6 Å². The standard InChI is InChI=1S/C18H19ClN4O/c1-23(9-10-24-2)18-21-15-8-4-7-14(16(15)17(20)22-18)12-5-3-6-13(19)11-12/h3-8,11H,9-10H2,1-2H3,(H2,20,21,22). The number of hydrogen-bond donors (Lipinski definition) is 1. The Labute approximate surface area is 146 Å². The monoisotopic (exact) mass is 342 g/mol. The SMILES string of the molecule is COCCN(C)c1nc(N)c2c(-c3cccc(Cl)c3)cccc2n1. The summed E-state index contributed by atoms with van der Waals surface area (Å²) >= 11 is 6.12. The molecule has 5 nitrogen and oxygen atoms in total. The number of nitrogen functional groups attached to an aromatic ring is 1. The van der Waals surface area contributed by atoms with Gasteiger partial charge < -0.3 is 15.4 Å². The first-order chi connectivity index (χ1) is 11.6. The van der Waals surface area contributed by atoms with E-state index in [0.717, 1.165) is 22.0 Å². The third-order valence-corrected chi connectivity index (χ3v) is 4.08. The Bertz CT molecular complexity index is 869. The molecule has 0 bridgehead atoms. The van der Waals surface area contributed by atoms with Crippen molar-refractivity contribution in [3.05, 3.63) is 47.5 Å². The summed E-state index contributed by atoms with van der Waals surface area (Å²) in [7, 11) is 3.58. The van der Waals surface area contributed by atoms with E-state index in [1.807, 2.05) is 54.4 Å². The molecule has 0 aliphatic heterocycles. The zero-order valence-electron chi connectivity index (χ0n) is 13.7. The molecular formula is C18H19ClN4O. The van der Waals surface area contributed by atoms with E-state index in [1.54, 1.807) is 7.11 Å². The minimum atomic E-state index is 0.454. The summed E-state index contributed by atoms with van der Waals surface area (Å²) in [6.07, 6.45) is 0. The summed E-state index contributed by atoms with van der Waals surface area (Å²) in [5.74, 6) is 1.04. The Morgan fingerprint density at radius 3 is 2.71 bits per heavy atom. The Hall–Kier alpha value is -2.37. The highest BCUT2D eigenvalue weighted by molar-refractivity contribution is 6.31. The summed E-state index contributed by atoms with van der Waals surface area (Å²) in [5.41, 5.74) is 9.02. The van der Waals surface area contributed by atoms with Crippen LogP contribution in [-0.2, 0) is 4.74 Å². The topological polar surface area (TPSA) is 64.3 Å². The number of rotatable bonds is 5. The number of hydrogen-bond acceptors (Lipinski definition) is 5. The van der Waals surface area contributed by atoms with E-state index in [2.05, 4.69) is 9.97 Å². The lowest BCUT2D eigenvalue weighted by molar-refractivity contribution is 0.206. The number of nitrogens with zero attached hydrogens (tertiary/aromatic N) is 3. The zero-order chi connectivity index (χ0) is 17.1. The molecule has 24 heavy (non-hydrogen) atoms. The summed E-state index contributed by atoms with van der Waals surface area (Å²) in [6.45, 7) is 1.29. The second-order valence-corrected chi connectivity index (χ2v) is 5.97. The lowest BCUT2D eigenvalue weighted by Crippen LogP contribution is -2.24. The molecule has 0 aliphatic rings. The van der Waals surface area contributed by atoms with E-state index < -0.39 is 0 Å². The maximum Gasteiger partial charge on any atom is 0.227 e. The molecule has 3 rings (SSSR count). The molecule has 0 saturated heterocycles. The number of halogens is 1. The van der Waals surface area contributed by atoms with Crippen molar-refractivity contribution in [1.29, 1.82) is 0 Å². The van der Waals surface area contributed by atoms with Crippen molar-refractivity contribution in [1.82, 2.24) is 9.97 Å². The number of ether oxygens (including phenoxy) is 1. The van der Waals surface area contributed by atoms with Gasteiger partial charge in [-0.3, -0.25) is 0 Å². The van der Waals surface area contributed by atoms with E-state index >= 15 is 0 Å². The highest BCUT2D eigenvalue weighted by atomic mass is 35.5. The molecule has 2 N–H and O–H groups in total. The molecule has 0 atom stereocenters. The van der Waals surface area contributed by atoms with Gasteiger partial charge in [-0.05, 0) is 29.3 Å². The molecule has 3 aromatic rings.